The van der Waals surface area contributed by atoms with Gasteiger partial charge in [-0.05, 0) is 71.6 Å². The zero-order valence-corrected chi connectivity index (χ0v) is 25.2. The van der Waals surface area contributed by atoms with Crippen LogP contribution >= 0.6 is 0 Å². The number of rotatable bonds is 4. The lowest BCUT2D eigenvalue weighted by atomic mass is 9.85. The van der Waals surface area contributed by atoms with Gasteiger partial charge >= 0.3 is 12.1 Å². The maximum Gasteiger partial charge on any atom is 0.407 e. The Balaban J connectivity index is 1.95. The number of alkyl carbamates (subject to hydrolysis) is 1. The van der Waals surface area contributed by atoms with Crippen LogP contribution in [-0.2, 0) is 31.9 Å². The number of nitrogens with zero attached hydrogens (tertiary/aromatic N) is 1. The van der Waals surface area contributed by atoms with E-state index in [4.69, 9.17) is 14.2 Å². The maximum absolute atomic E-state index is 13.8. The Bertz CT molecular complexity index is 1190. The molecule has 0 aromatic heterocycles. The molecule has 3 rings (SSSR count). The molecular weight excluding hydrogens is 524 g/mol. The number of hydrogen-bond acceptors (Lipinski definition) is 6. The molecule has 2 aromatic carbocycles. The molecule has 1 aliphatic heterocycles. The van der Waals surface area contributed by atoms with Crippen LogP contribution in [0.4, 0.5) is 4.79 Å². The summed E-state index contributed by atoms with van der Waals surface area (Å²) in [6.07, 6.45) is 6.84. The van der Waals surface area contributed by atoms with Gasteiger partial charge in [0.25, 0.3) is 0 Å². The molecule has 0 fully saturated rings. The van der Waals surface area contributed by atoms with Crippen molar-refractivity contribution < 1.29 is 33.7 Å². The van der Waals surface area contributed by atoms with E-state index in [1.807, 2.05) is 32.9 Å². The average molecular weight is 571 g/mol. The fourth-order valence-electron chi connectivity index (χ4n) is 5.34. The van der Waals surface area contributed by atoms with Crippen molar-refractivity contribution >= 4 is 28.7 Å². The number of carboxylic acids is 1. The van der Waals surface area contributed by atoms with E-state index in [-0.39, 0.29) is 19.8 Å². The zero-order valence-electron chi connectivity index (χ0n) is 25.2. The van der Waals surface area contributed by atoms with Gasteiger partial charge in [-0.1, -0.05) is 64.7 Å². The summed E-state index contributed by atoms with van der Waals surface area (Å²) < 4.78 is 16.3. The molecule has 0 radical (unpaired) electrons. The van der Waals surface area contributed by atoms with Crippen LogP contribution in [0.1, 0.15) is 76.8 Å². The molecule has 0 saturated heterocycles. The van der Waals surface area contributed by atoms with E-state index >= 15 is 0 Å². The summed E-state index contributed by atoms with van der Waals surface area (Å²) in [6, 6.07) is 8.18. The summed E-state index contributed by atoms with van der Waals surface area (Å²) in [5, 5.41) is 15.0. The number of aliphatic carboxylic acids is 1. The van der Waals surface area contributed by atoms with Gasteiger partial charge in [0.15, 0.2) is 0 Å². The fraction of sp³-hybridized carbons (Fsp3) is 0.594. The van der Waals surface area contributed by atoms with Gasteiger partial charge in [-0.3, -0.25) is 4.79 Å². The lowest BCUT2D eigenvalue weighted by Gasteiger charge is -2.36. The largest absolute Gasteiger partial charge is 0.496 e. The number of nitrogens with one attached hydrogen (secondary N) is 1. The molecule has 0 unspecified atom stereocenters. The number of fused-ring (bicyclic) bond motifs is 2. The van der Waals surface area contributed by atoms with Crippen LogP contribution in [0.2, 0.25) is 0 Å². The van der Waals surface area contributed by atoms with Crippen molar-refractivity contribution in [2.24, 2.45) is 5.41 Å². The van der Waals surface area contributed by atoms with Crippen LogP contribution < -0.4 is 10.1 Å². The van der Waals surface area contributed by atoms with Crippen LogP contribution in [-0.4, -0.2) is 67.6 Å². The number of carbonyl (C=O) groups excluding carboxylic acids is 2. The van der Waals surface area contributed by atoms with Crippen molar-refractivity contribution in [3.63, 3.8) is 0 Å². The molecule has 0 saturated carbocycles. The molecule has 1 aliphatic rings. The van der Waals surface area contributed by atoms with Crippen LogP contribution in [0, 0.1) is 5.41 Å². The normalized spacial score (nSPS) is 20.7. The third-order valence-electron chi connectivity index (χ3n) is 7.67. The maximum atomic E-state index is 13.8. The van der Waals surface area contributed by atoms with E-state index in [0.29, 0.717) is 6.42 Å². The minimum atomic E-state index is -1.15. The van der Waals surface area contributed by atoms with Crippen molar-refractivity contribution in [3.8, 4) is 5.75 Å². The Morgan fingerprint density at radius 3 is 2.37 bits per heavy atom. The number of amides is 2. The van der Waals surface area contributed by atoms with E-state index < -0.39 is 35.5 Å². The van der Waals surface area contributed by atoms with Crippen molar-refractivity contribution in [1.29, 1.82) is 0 Å². The lowest BCUT2D eigenvalue weighted by molar-refractivity contribution is -0.157. The van der Waals surface area contributed by atoms with Gasteiger partial charge in [0.1, 0.15) is 24.6 Å². The van der Waals surface area contributed by atoms with Crippen molar-refractivity contribution in [2.75, 3.05) is 27.6 Å². The van der Waals surface area contributed by atoms with Crippen molar-refractivity contribution in [1.82, 2.24) is 10.2 Å². The minimum Gasteiger partial charge on any atom is -0.496 e. The smallest absolute Gasteiger partial charge is 0.407 e. The molecule has 3 bridgehead atoms. The van der Waals surface area contributed by atoms with Crippen LogP contribution in [0.25, 0.3) is 10.8 Å². The van der Waals surface area contributed by atoms with E-state index in [0.717, 1.165) is 72.6 Å². The fourth-order valence-corrected chi connectivity index (χ4v) is 5.34. The van der Waals surface area contributed by atoms with E-state index in [2.05, 4.69) is 23.5 Å². The molecular formula is C32H46N2O7. The topological polar surface area (TPSA) is 114 Å². The van der Waals surface area contributed by atoms with E-state index in [9.17, 15) is 19.5 Å². The highest BCUT2D eigenvalue weighted by Crippen LogP contribution is 2.29. The summed E-state index contributed by atoms with van der Waals surface area (Å²) in [4.78, 5) is 40.1. The van der Waals surface area contributed by atoms with E-state index in [1.165, 1.54) is 12.0 Å². The summed E-state index contributed by atoms with van der Waals surface area (Å²) in [6.45, 7) is 5.49. The number of benzene rings is 2. The van der Waals surface area contributed by atoms with Crippen LogP contribution in [0.5, 0.6) is 5.75 Å². The number of aryl methyl sites for hydroxylation is 2. The predicted octanol–water partition coefficient (Wildman–Crippen LogP) is 5.70. The van der Waals surface area contributed by atoms with Gasteiger partial charge in [0.2, 0.25) is 5.91 Å². The molecule has 2 aromatic rings. The first-order valence-electron chi connectivity index (χ1n) is 14.6. The number of ether oxygens (including phenoxy) is 3. The Morgan fingerprint density at radius 2 is 1.71 bits per heavy atom. The zero-order chi connectivity index (χ0) is 30.0. The SMILES string of the molecule is COCN1C(=O)[C@H](C(C)(C)C)NC(=O)OCCCCCCCCc2cc3cc(ccc3cc2OC)CC[C@H]1C(=O)O. The quantitative estimate of drug-likeness (QED) is 0.484. The lowest BCUT2D eigenvalue weighted by Crippen LogP contribution is -2.58. The van der Waals surface area contributed by atoms with Crippen molar-refractivity contribution in [2.45, 2.75) is 90.6 Å². The van der Waals surface area contributed by atoms with E-state index in [1.54, 1.807) is 7.11 Å². The number of cyclic esters (lactones) is 1. The van der Waals surface area contributed by atoms with Gasteiger partial charge in [0, 0.05) is 7.11 Å². The second-order valence-electron chi connectivity index (χ2n) is 11.9. The average Bonchev–Trinajstić information content (AvgIpc) is 2.92. The minimum absolute atomic E-state index is 0.181. The van der Waals surface area contributed by atoms with Gasteiger partial charge < -0.3 is 29.5 Å². The van der Waals surface area contributed by atoms with Gasteiger partial charge in [-0.15, -0.1) is 0 Å². The summed E-state index contributed by atoms with van der Waals surface area (Å²) in [5.74, 6) is -0.780. The Labute approximate surface area is 243 Å². The van der Waals surface area contributed by atoms with Crippen LogP contribution in [0.15, 0.2) is 30.3 Å². The highest BCUT2D eigenvalue weighted by atomic mass is 16.5. The highest BCUT2D eigenvalue weighted by molar-refractivity contribution is 5.90. The van der Waals surface area contributed by atoms with Crippen molar-refractivity contribution in [3.05, 3.63) is 41.5 Å². The molecule has 2 N–H and O–H groups in total. The molecule has 2 atom stereocenters. The van der Waals surface area contributed by atoms with Gasteiger partial charge in [-0.2, -0.15) is 0 Å². The first-order chi connectivity index (χ1) is 19.5. The van der Waals surface area contributed by atoms with Gasteiger partial charge in [-0.25, -0.2) is 9.59 Å². The summed E-state index contributed by atoms with van der Waals surface area (Å²) >= 11 is 0. The number of hydrogen-bond donors (Lipinski definition) is 2. The Hall–Kier alpha value is -3.33. The van der Waals surface area contributed by atoms with Crippen LogP contribution in [0.3, 0.4) is 0 Å². The molecule has 2 amide bonds. The third kappa shape index (κ3) is 9.08. The number of carboxylic acid groups (broad SMARTS) is 1. The predicted molar refractivity (Wildman–Crippen MR) is 158 cm³/mol. The molecule has 9 nitrogen and oxygen atoms in total. The Morgan fingerprint density at radius 1 is 1.00 bits per heavy atom. The molecule has 226 valence electrons. The molecule has 0 aliphatic carbocycles. The molecule has 41 heavy (non-hydrogen) atoms. The monoisotopic (exact) mass is 570 g/mol. The molecule has 9 heteroatoms. The second kappa shape index (κ2) is 15.1. The first kappa shape index (κ1) is 32.2. The summed E-state index contributed by atoms with van der Waals surface area (Å²) in [5.41, 5.74) is 1.43. The summed E-state index contributed by atoms with van der Waals surface area (Å²) in [7, 11) is 3.11. The molecule has 0 spiro atoms. The number of carbonyl (C=O) groups is 3. The first-order valence-corrected chi connectivity index (χ1v) is 14.6. The highest BCUT2D eigenvalue weighted by Gasteiger charge is 2.40. The Kier molecular flexibility index (Phi) is 11.8. The third-order valence-corrected chi connectivity index (χ3v) is 7.67. The van der Waals surface area contributed by atoms with Gasteiger partial charge in [0.05, 0.1) is 13.7 Å². The second-order valence-corrected chi connectivity index (χ2v) is 11.9. The molecule has 1 heterocycles. The standard InChI is InChI=1S/C32H46N2O7/c1-32(2,3)28-29(35)34(21-39-4)26(30(36)37)16-14-22-13-15-23-20-27(40-5)24(19-25(23)18-22)12-10-8-6-7-9-11-17-41-31(38)33-28/h13,15,18-20,26,28H,6-12,14,16-17,21H2,1-5H3,(H,33,38)(H,36,37)/t26-,28+/m0/s1. The number of methoxy groups -OCH3 is 2.